The van der Waals surface area contributed by atoms with Crippen molar-refractivity contribution in [3.63, 3.8) is 0 Å². The van der Waals surface area contributed by atoms with Gasteiger partial charge in [0.15, 0.2) is 5.11 Å². The molecule has 0 bridgehead atoms. The average molecular weight is 289 g/mol. The SMILES string of the molecule is CCCNC(=S)N/N=C\c1c(CC)oc2ccccc12. The molecule has 0 aliphatic heterocycles. The third-order valence-corrected chi connectivity index (χ3v) is 3.16. The molecular formula is C15H19N3OS. The molecule has 0 amide bonds. The highest BCUT2D eigenvalue weighted by Crippen LogP contribution is 2.24. The Labute approximate surface area is 124 Å². The molecule has 0 spiro atoms. The van der Waals surface area contributed by atoms with E-state index in [0.717, 1.165) is 41.7 Å². The number of rotatable bonds is 5. The smallest absolute Gasteiger partial charge is 0.186 e. The summed E-state index contributed by atoms with van der Waals surface area (Å²) in [6.07, 6.45) is 3.62. The molecule has 0 atom stereocenters. The van der Waals surface area contributed by atoms with Crippen molar-refractivity contribution < 1.29 is 4.42 Å². The van der Waals surface area contributed by atoms with Crippen LogP contribution in [0.1, 0.15) is 31.6 Å². The lowest BCUT2D eigenvalue weighted by atomic mass is 10.1. The molecule has 0 saturated heterocycles. The van der Waals surface area contributed by atoms with Crippen molar-refractivity contribution >= 4 is 34.5 Å². The second-order valence-corrected chi connectivity index (χ2v) is 4.82. The van der Waals surface area contributed by atoms with Gasteiger partial charge in [-0.2, -0.15) is 5.10 Å². The number of fused-ring (bicyclic) bond motifs is 1. The lowest BCUT2D eigenvalue weighted by Gasteiger charge is -2.04. The molecule has 106 valence electrons. The van der Waals surface area contributed by atoms with Crippen molar-refractivity contribution in [1.29, 1.82) is 0 Å². The predicted molar refractivity (Wildman–Crippen MR) is 87.2 cm³/mol. The van der Waals surface area contributed by atoms with Gasteiger partial charge in [0.2, 0.25) is 0 Å². The van der Waals surface area contributed by atoms with Gasteiger partial charge in [-0.15, -0.1) is 0 Å². The zero-order valence-electron chi connectivity index (χ0n) is 11.8. The Hall–Kier alpha value is -1.88. The van der Waals surface area contributed by atoms with E-state index in [-0.39, 0.29) is 0 Å². The molecule has 0 aliphatic carbocycles. The number of benzene rings is 1. The van der Waals surface area contributed by atoms with Gasteiger partial charge in [-0.05, 0) is 24.7 Å². The topological polar surface area (TPSA) is 49.6 Å². The quantitative estimate of drug-likeness (QED) is 0.504. The largest absolute Gasteiger partial charge is 0.460 e. The second kappa shape index (κ2) is 7.05. The van der Waals surface area contributed by atoms with E-state index in [9.17, 15) is 0 Å². The number of aryl methyl sites for hydroxylation is 1. The van der Waals surface area contributed by atoms with E-state index in [1.165, 1.54) is 0 Å². The van der Waals surface area contributed by atoms with Crippen molar-refractivity contribution in [3.05, 3.63) is 35.6 Å². The molecule has 2 rings (SSSR count). The van der Waals surface area contributed by atoms with E-state index in [2.05, 4.69) is 29.7 Å². The summed E-state index contributed by atoms with van der Waals surface area (Å²) >= 11 is 5.11. The fourth-order valence-corrected chi connectivity index (χ4v) is 2.11. The second-order valence-electron chi connectivity index (χ2n) is 4.41. The number of para-hydroxylation sites is 1. The number of furan rings is 1. The summed E-state index contributed by atoms with van der Waals surface area (Å²) in [5, 5.41) is 8.86. The van der Waals surface area contributed by atoms with Crippen LogP contribution >= 0.6 is 12.2 Å². The van der Waals surface area contributed by atoms with Crippen LogP contribution in [0.15, 0.2) is 33.8 Å². The van der Waals surface area contributed by atoms with Crippen molar-refractivity contribution in [3.8, 4) is 0 Å². The first-order valence-corrected chi connectivity index (χ1v) is 7.24. The normalized spacial score (nSPS) is 11.1. The molecular weight excluding hydrogens is 270 g/mol. The number of nitrogens with one attached hydrogen (secondary N) is 2. The summed E-state index contributed by atoms with van der Waals surface area (Å²) in [6, 6.07) is 7.96. The molecule has 0 saturated carbocycles. The third-order valence-electron chi connectivity index (χ3n) is 2.93. The lowest BCUT2D eigenvalue weighted by Crippen LogP contribution is -2.32. The first-order chi connectivity index (χ1) is 9.76. The Morgan fingerprint density at radius 3 is 2.90 bits per heavy atom. The number of hydrogen-bond donors (Lipinski definition) is 2. The van der Waals surface area contributed by atoms with Gasteiger partial charge in [-0.1, -0.05) is 32.0 Å². The Kier molecular flexibility index (Phi) is 5.12. The summed E-state index contributed by atoms with van der Waals surface area (Å²) in [4.78, 5) is 0. The van der Waals surface area contributed by atoms with Gasteiger partial charge < -0.3 is 9.73 Å². The van der Waals surface area contributed by atoms with Gasteiger partial charge in [0.1, 0.15) is 11.3 Å². The fraction of sp³-hybridized carbons (Fsp3) is 0.333. The van der Waals surface area contributed by atoms with Crippen LogP contribution in [0.2, 0.25) is 0 Å². The summed E-state index contributed by atoms with van der Waals surface area (Å²) in [5.74, 6) is 0.934. The maximum atomic E-state index is 5.80. The minimum absolute atomic E-state index is 0.536. The lowest BCUT2D eigenvalue weighted by molar-refractivity contribution is 0.556. The van der Waals surface area contributed by atoms with Crippen LogP contribution < -0.4 is 10.7 Å². The van der Waals surface area contributed by atoms with E-state index in [4.69, 9.17) is 16.6 Å². The van der Waals surface area contributed by atoms with Crippen LogP contribution in [-0.4, -0.2) is 17.9 Å². The van der Waals surface area contributed by atoms with E-state index >= 15 is 0 Å². The molecule has 5 heteroatoms. The van der Waals surface area contributed by atoms with Gasteiger partial charge in [-0.3, -0.25) is 5.43 Å². The van der Waals surface area contributed by atoms with Gasteiger partial charge in [0.25, 0.3) is 0 Å². The van der Waals surface area contributed by atoms with Gasteiger partial charge in [-0.25, -0.2) is 0 Å². The Balaban J connectivity index is 2.14. The molecule has 0 aliphatic rings. The molecule has 0 unspecified atom stereocenters. The minimum Gasteiger partial charge on any atom is -0.460 e. The van der Waals surface area contributed by atoms with E-state index in [0.29, 0.717) is 5.11 Å². The predicted octanol–water partition coefficient (Wildman–Crippen LogP) is 3.20. The van der Waals surface area contributed by atoms with E-state index < -0.39 is 0 Å². The van der Waals surface area contributed by atoms with E-state index in [1.54, 1.807) is 6.21 Å². The van der Waals surface area contributed by atoms with E-state index in [1.807, 2.05) is 24.3 Å². The molecule has 1 aromatic carbocycles. The molecule has 2 N–H and O–H groups in total. The fourth-order valence-electron chi connectivity index (χ4n) is 1.95. The van der Waals surface area contributed by atoms with Crippen molar-refractivity contribution in [2.24, 2.45) is 5.10 Å². The van der Waals surface area contributed by atoms with Crippen LogP contribution in [0.5, 0.6) is 0 Å². The molecule has 0 fully saturated rings. The van der Waals surface area contributed by atoms with Crippen LogP contribution in [0.25, 0.3) is 11.0 Å². The molecule has 0 radical (unpaired) electrons. The monoisotopic (exact) mass is 289 g/mol. The van der Waals surface area contributed by atoms with Crippen molar-refractivity contribution in [2.45, 2.75) is 26.7 Å². The molecule has 2 aromatic rings. The molecule has 4 nitrogen and oxygen atoms in total. The first-order valence-electron chi connectivity index (χ1n) is 6.83. The zero-order chi connectivity index (χ0) is 14.4. The average Bonchev–Trinajstić information content (AvgIpc) is 2.83. The number of thiocarbonyl (C=S) groups is 1. The number of hydrogen-bond acceptors (Lipinski definition) is 3. The maximum Gasteiger partial charge on any atom is 0.186 e. The third kappa shape index (κ3) is 3.36. The highest BCUT2D eigenvalue weighted by Gasteiger charge is 2.10. The van der Waals surface area contributed by atoms with Crippen molar-refractivity contribution in [2.75, 3.05) is 6.54 Å². The van der Waals surface area contributed by atoms with Gasteiger partial charge in [0, 0.05) is 23.9 Å². The summed E-state index contributed by atoms with van der Waals surface area (Å²) in [6.45, 7) is 5.00. The van der Waals surface area contributed by atoms with Crippen LogP contribution in [0.3, 0.4) is 0 Å². The highest BCUT2D eigenvalue weighted by molar-refractivity contribution is 7.80. The first kappa shape index (κ1) is 14.5. The van der Waals surface area contributed by atoms with Crippen LogP contribution in [0, 0.1) is 0 Å². The number of hydrazone groups is 1. The summed E-state index contributed by atoms with van der Waals surface area (Å²) in [7, 11) is 0. The Morgan fingerprint density at radius 2 is 2.15 bits per heavy atom. The van der Waals surface area contributed by atoms with Crippen LogP contribution in [-0.2, 0) is 6.42 Å². The zero-order valence-corrected chi connectivity index (χ0v) is 12.6. The molecule has 1 heterocycles. The standard InChI is InChI=1S/C15H19N3OS/c1-3-9-16-15(20)18-17-10-12-11-7-5-6-8-14(11)19-13(12)4-2/h5-8,10H,3-4,9H2,1-2H3,(H2,16,18,20)/b17-10-. The summed E-state index contributed by atoms with van der Waals surface area (Å²) < 4.78 is 5.80. The van der Waals surface area contributed by atoms with Crippen molar-refractivity contribution in [1.82, 2.24) is 10.7 Å². The Bertz CT molecular complexity index is 619. The number of nitrogens with zero attached hydrogens (tertiary/aromatic N) is 1. The highest BCUT2D eigenvalue weighted by atomic mass is 32.1. The Morgan fingerprint density at radius 1 is 1.35 bits per heavy atom. The molecule has 1 aromatic heterocycles. The van der Waals surface area contributed by atoms with Gasteiger partial charge in [0.05, 0.1) is 6.21 Å². The molecule has 20 heavy (non-hydrogen) atoms. The maximum absolute atomic E-state index is 5.80. The van der Waals surface area contributed by atoms with Crippen LogP contribution in [0.4, 0.5) is 0 Å². The minimum atomic E-state index is 0.536. The summed E-state index contributed by atoms with van der Waals surface area (Å²) in [5.41, 5.74) is 4.71. The van der Waals surface area contributed by atoms with Gasteiger partial charge >= 0.3 is 0 Å².